The lowest BCUT2D eigenvalue weighted by Gasteiger charge is -2.13. The van der Waals surface area contributed by atoms with E-state index in [0.717, 1.165) is 19.3 Å². The normalized spacial score (nSPS) is 13.8. The summed E-state index contributed by atoms with van der Waals surface area (Å²) in [6, 6.07) is 11.9. The van der Waals surface area contributed by atoms with Crippen LogP contribution in [0.4, 0.5) is 0 Å². The first-order valence-electron chi connectivity index (χ1n) is 10.0. The maximum absolute atomic E-state index is 13.0. The molecule has 0 fully saturated rings. The summed E-state index contributed by atoms with van der Waals surface area (Å²) in [5, 5.41) is 3.97. The number of amides is 1. The zero-order valence-electron chi connectivity index (χ0n) is 16.4. The molecule has 0 atom stereocenters. The number of allylic oxidation sites excluding steroid dienone is 1. The number of aromatic nitrogens is 2. The Morgan fingerprint density at radius 3 is 2.87 bits per heavy atom. The van der Waals surface area contributed by atoms with Crippen LogP contribution in [0.2, 0.25) is 5.02 Å². The predicted molar refractivity (Wildman–Crippen MR) is 123 cm³/mol. The van der Waals surface area contributed by atoms with E-state index in [1.165, 1.54) is 23.0 Å². The third-order valence-electron chi connectivity index (χ3n) is 5.34. The van der Waals surface area contributed by atoms with E-state index in [-0.39, 0.29) is 16.2 Å². The van der Waals surface area contributed by atoms with Crippen LogP contribution in [0.3, 0.4) is 0 Å². The van der Waals surface area contributed by atoms with Crippen LogP contribution in [0.25, 0.3) is 16.6 Å². The van der Waals surface area contributed by atoms with Gasteiger partial charge in [0, 0.05) is 17.1 Å². The lowest BCUT2D eigenvalue weighted by Crippen LogP contribution is -2.25. The highest BCUT2D eigenvalue weighted by Crippen LogP contribution is 2.20. The molecule has 4 rings (SSSR count). The van der Waals surface area contributed by atoms with Crippen molar-refractivity contribution in [3.8, 4) is 5.69 Å². The van der Waals surface area contributed by atoms with Crippen LogP contribution in [-0.4, -0.2) is 22.0 Å². The number of hydrogen-bond acceptors (Lipinski definition) is 3. The van der Waals surface area contributed by atoms with Gasteiger partial charge in [0.25, 0.3) is 11.5 Å². The number of rotatable bonds is 5. The monoisotopic (exact) mass is 439 g/mol. The van der Waals surface area contributed by atoms with Gasteiger partial charge in [-0.3, -0.25) is 14.2 Å². The number of halogens is 1. The fourth-order valence-corrected chi connectivity index (χ4v) is 4.25. The Labute approximate surface area is 184 Å². The van der Waals surface area contributed by atoms with Crippen molar-refractivity contribution in [2.75, 3.05) is 6.54 Å². The summed E-state index contributed by atoms with van der Waals surface area (Å²) < 4.78 is 1.64. The van der Waals surface area contributed by atoms with Crippen molar-refractivity contribution < 1.29 is 4.79 Å². The van der Waals surface area contributed by atoms with E-state index in [1.807, 2.05) is 0 Å². The molecule has 1 heterocycles. The number of benzene rings is 2. The molecule has 2 N–H and O–H groups in total. The summed E-state index contributed by atoms with van der Waals surface area (Å²) >= 11 is 11.4. The van der Waals surface area contributed by atoms with E-state index in [1.54, 1.807) is 42.5 Å². The van der Waals surface area contributed by atoms with Crippen molar-refractivity contribution in [2.45, 2.75) is 32.1 Å². The van der Waals surface area contributed by atoms with E-state index < -0.39 is 0 Å². The number of fused-ring (bicyclic) bond motifs is 1. The van der Waals surface area contributed by atoms with Gasteiger partial charge in [0.15, 0.2) is 4.77 Å². The van der Waals surface area contributed by atoms with Gasteiger partial charge < -0.3 is 10.3 Å². The molecule has 0 unspecified atom stereocenters. The Kier molecular flexibility index (Phi) is 6.16. The van der Waals surface area contributed by atoms with Gasteiger partial charge in [-0.25, -0.2) is 0 Å². The molecule has 7 heteroatoms. The fourth-order valence-electron chi connectivity index (χ4n) is 3.78. The van der Waals surface area contributed by atoms with Gasteiger partial charge >= 0.3 is 0 Å². The zero-order chi connectivity index (χ0) is 21.1. The van der Waals surface area contributed by atoms with Crippen molar-refractivity contribution in [2.24, 2.45) is 0 Å². The molecule has 1 amide bonds. The topological polar surface area (TPSA) is 66.9 Å². The van der Waals surface area contributed by atoms with Crippen molar-refractivity contribution >= 4 is 40.6 Å². The number of nitrogens with zero attached hydrogens (tertiary/aromatic N) is 1. The molecule has 5 nitrogen and oxygen atoms in total. The predicted octanol–water partition coefficient (Wildman–Crippen LogP) is 5.32. The summed E-state index contributed by atoms with van der Waals surface area (Å²) in [4.78, 5) is 28.7. The second-order valence-corrected chi connectivity index (χ2v) is 8.25. The minimum absolute atomic E-state index is 0.163. The van der Waals surface area contributed by atoms with Gasteiger partial charge in [-0.1, -0.05) is 29.3 Å². The van der Waals surface area contributed by atoms with Crippen molar-refractivity contribution in [1.29, 1.82) is 0 Å². The Morgan fingerprint density at radius 1 is 1.20 bits per heavy atom. The van der Waals surface area contributed by atoms with Crippen LogP contribution >= 0.6 is 23.8 Å². The van der Waals surface area contributed by atoms with Gasteiger partial charge in [0.1, 0.15) is 0 Å². The molecule has 0 bridgehead atoms. The quantitative estimate of drug-likeness (QED) is 0.417. The second-order valence-electron chi connectivity index (χ2n) is 7.43. The number of carbonyl (C=O) groups excluding carboxylic acids is 1. The van der Waals surface area contributed by atoms with Gasteiger partial charge in [-0.2, -0.15) is 0 Å². The lowest BCUT2D eigenvalue weighted by atomic mass is 9.97. The summed E-state index contributed by atoms with van der Waals surface area (Å²) in [5.41, 5.74) is 2.78. The van der Waals surface area contributed by atoms with Crippen molar-refractivity contribution in [1.82, 2.24) is 14.9 Å². The largest absolute Gasteiger partial charge is 0.352 e. The van der Waals surface area contributed by atoms with Crippen LogP contribution < -0.4 is 10.9 Å². The van der Waals surface area contributed by atoms with Crippen LogP contribution in [0, 0.1) is 4.77 Å². The highest BCUT2D eigenvalue weighted by molar-refractivity contribution is 7.71. The smallest absolute Gasteiger partial charge is 0.266 e. The Hall–Kier alpha value is -2.70. The first-order valence-corrected chi connectivity index (χ1v) is 10.8. The molecule has 1 aliphatic rings. The highest BCUT2D eigenvalue weighted by Gasteiger charge is 2.12. The Bertz CT molecular complexity index is 1260. The summed E-state index contributed by atoms with van der Waals surface area (Å²) in [7, 11) is 0. The Balaban J connectivity index is 1.58. The number of hydrogen-bond donors (Lipinski definition) is 2. The van der Waals surface area contributed by atoms with E-state index in [0.29, 0.717) is 33.7 Å². The van der Waals surface area contributed by atoms with Crippen LogP contribution in [0.5, 0.6) is 0 Å². The van der Waals surface area contributed by atoms with Crippen LogP contribution in [0.1, 0.15) is 42.5 Å². The maximum Gasteiger partial charge on any atom is 0.266 e. The minimum atomic E-state index is -0.257. The van der Waals surface area contributed by atoms with Gasteiger partial charge in [0.2, 0.25) is 0 Å². The highest BCUT2D eigenvalue weighted by atomic mass is 35.5. The molecule has 1 aliphatic carbocycles. The molecular formula is C23H22ClN3O2S. The molecule has 0 radical (unpaired) electrons. The molecule has 2 aromatic carbocycles. The van der Waals surface area contributed by atoms with E-state index in [4.69, 9.17) is 23.8 Å². The second kappa shape index (κ2) is 8.98. The van der Waals surface area contributed by atoms with Crippen LogP contribution in [-0.2, 0) is 0 Å². The summed E-state index contributed by atoms with van der Waals surface area (Å²) in [5.74, 6) is -0.163. The van der Waals surface area contributed by atoms with E-state index in [9.17, 15) is 9.59 Å². The average molecular weight is 440 g/mol. The van der Waals surface area contributed by atoms with E-state index in [2.05, 4.69) is 16.4 Å². The third kappa shape index (κ3) is 4.40. The standard InChI is InChI=1S/C23H22ClN3O2S/c24-17-9-10-19-20(14-17)26-23(30)27(22(19)29)18-8-4-7-16(13-18)21(28)25-12-11-15-5-2-1-3-6-15/h4-5,7-10,13-14H,1-3,6,11-12H2,(H,25,28)(H,26,30). The summed E-state index contributed by atoms with van der Waals surface area (Å²) in [6.07, 6.45) is 7.92. The van der Waals surface area contributed by atoms with Gasteiger partial charge in [-0.15, -0.1) is 0 Å². The van der Waals surface area contributed by atoms with Crippen molar-refractivity contribution in [3.05, 3.63) is 79.8 Å². The lowest BCUT2D eigenvalue weighted by molar-refractivity contribution is 0.0954. The fraction of sp³-hybridized carbons (Fsp3) is 0.261. The number of nitrogens with one attached hydrogen (secondary N) is 2. The average Bonchev–Trinajstić information content (AvgIpc) is 2.74. The molecule has 3 aromatic rings. The van der Waals surface area contributed by atoms with Gasteiger partial charge in [-0.05, 0) is 80.7 Å². The van der Waals surface area contributed by atoms with Crippen molar-refractivity contribution in [3.63, 3.8) is 0 Å². The molecular weight excluding hydrogens is 418 g/mol. The molecule has 0 spiro atoms. The molecule has 154 valence electrons. The molecule has 0 saturated carbocycles. The Morgan fingerprint density at radius 2 is 2.07 bits per heavy atom. The number of aromatic amines is 1. The van der Waals surface area contributed by atoms with Gasteiger partial charge in [0.05, 0.1) is 16.6 Å². The SMILES string of the molecule is O=C(NCCC1=CCCCC1)c1cccc(-n2c(=S)[nH]c3cc(Cl)ccc3c2=O)c1. The maximum atomic E-state index is 13.0. The van der Waals surface area contributed by atoms with E-state index >= 15 is 0 Å². The minimum Gasteiger partial charge on any atom is -0.352 e. The number of H-pyrrole nitrogens is 1. The molecule has 0 saturated heterocycles. The summed E-state index contributed by atoms with van der Waals surface area (Å²) in [6.45, 7) is 0.603. The molecule has 30 heavy (non-hydrogen) atoms. The number of carbonyl (C=O) groups is 1. The zero-order valence-corrected chi connectivity index (χ0v) is 18.0. The molecule has 0 aliphatic heterocycles. The molecule has 1 aromatic heterocycles. The first kappa shape index (κ1) is 20.6. The first-order chi connectivity index (χ1) is 14.5. The van der Waals surface area contributed by atoms with Crippen LogP contribution in [0.15, 0.2) is 58.9 Å². The third-order valence-corrected chi connectivity index (χ3v) is 5.86.